The van der Waals surface area contributed by atoms with Crippen molar-refractivity contribution in [2.75, 3.05) is 6.61 Å². The Morgan fingerprint density at radius 2 is 1.13 bits per heavy atom. The van der Waals surface area contributed by atoms with Gasteiger partial charge >= 0.3 is 13.3 Å². The standard InChI is InChI=1S/C17H35O5P/c1-2-3-4-5-6-7-8-9-10-11-12-13-14-15-16-22-23(20,21)17(18)19/h2-16H2,1H3,(H,18,19)(H,20,21). The molecule has 5 nitrogen and oxygen atoms in total. The summed E-state index contributed by atoms with van der Waals surface area (Å²) in [6.07, 6.45) is 17.2. The first-order valence-electron chi connectivity index (χ1n) is 9.21. The van der Waals surface area contributed by atoms with Crippen LogP contribution in [0.2, 0.25) is 0 Å². The van der Waals surface area contributed by atoms with E-state index in [4.69, 9.17) is 10.00 Å². The molecule has 0 radical (unpaired) electrons. The summed E-state index contributed by atoms with van der Waals surface area (Å²) in [6, 6.07) is 0. The molecule has 0 saturated carbocycles. The van der Waals surface area contributed by atoms with Gasteiger partial charge in [0.25, 0.3) is 0 Å². The zero-order valence-electron chi connectivity index (χ0n) is 14.7. The normalized spacial score (nSPS) is 13.8. The van der Waals surface area contributed by atoms with Crippen LogP contribution in [0.15, 0.2) is 0 Å². The number of rotatable bonds is 17. The van der Waals surface area contributed by atoms with Crippen molar-refractivity contribution in [3.8, 4) is 0 Å². The Hall–Kier alpha value is -0.380. The molecular formula is C17H35O5P. The van der Waals surface area contributed by atoms with Crippen LogP contribution >= 0.6 is 7.60 Å². The fraction of sp³-hybridized carbons (Fsp3) is 0.941. The lowest BCUT2D eigenvalue weighted by Crippen LogP contribution is -2.00. The van der Waals surface area contributed by atoms with Crippen LogP contribution < -0.4 is 0 Å². The maximum absolute atomic E-state index is 11.0. The van der Waals surface area contributed by atoms with Crippen LogP contribution in [0, 0.1) is 0 Å². The topological polar surface area (TPSA) is 83.8 Å². The van der Waals surface area contributed by atoms with Crippen LogP contribution in [0.25, 0.3) is 0 Å². The lowest BCUT2D eigenvalue weighted by molar-refractivity contribution is 0.194. The third kappa shape index (κ3) is 14.9. The average molecular weight is 350 g/mol. The van der Waals surface area contributed by atoms with E-state index in [-0.39, 0.29) is 6.61 Å². The Morgan fingerprint density at radius 1 is 0.783 bits per heavy atom. The third-order valence-corrected chi connectivity index (χ3v) is 5.02. The molecule has 0 fully saturated rings. The largest absolute Gasteiger partial charge is 0.472 e. The third-order valence-electron chi connectivity index (χ3n) is 4.01. The second-order valence-corrected chi connectivity index (χ2v) is 7.91. The van der Waals surface area contributed by atoms with Crippen LogP contribution in [0.5, 0.6) is 0 Å². The minimum atomic E-state index is -4.43. The van der Waals surface area contributed by atoms with E-state index in [9.17, 15) is 9.36 Å². The van der Waals surface area contributed by atoms with Gasteiger partial charge in [-0.2, -0.15) is 0 Å². The van der Waals surface area contributed by atoms with Crippen LogP contribution in [0.3, 0.4) is 0 Å². The van der Waals surface area contributed by atoms with Gasteiger partial charge in [0.2, 0.25) is 0 Å². The highest BCUT2D eigenvalue weighted by Gasteiger charge is 2.29. The van der Waals surface area contributed by atoms with E-state index in [1.54, 1.807) is 0 Å². The maximum Gasteiger partial charge on any atom is 0.435 e. The molecule has 0 heterocycles. The smallest absolute Gasteiger partial charge is 0.435 e. The Morgan fingerprint density at radius 3 is 1.48 bits per heavy atom. The second kappa shape index (κ2) is 15.2. The fourth-order valence-electron chi connectivity index (χ4n) is 2.54. The molecule has 0 aliphatic carbocycles. The van der Waals surface area contributed by atoms with Gasteiger partial charge in [-0.1, -0.05) is 90.4 Å². The summed E-state index contributed by atoms with van der Waals surface area (Å²) in [4.78, 5) is 19.3. The average Bonchev–Trinajstić information content (AvgIpc) is 2.51. The summed E-state index contributed by atoms with van der Waals surface area (Å²) in [5.41, 5.74) is -1.78. The van der Waals surface area contributed by atoms with Crippen LogP contribution in [-0.2, 0) is 9.09 Å². The molecule has 0 aromatic rings. The van der Waals surface area contributed by atoms with Crippen molar-refractivity contribution < 1.29 is 23.9 Å². The molecule has 6 heteroatoms. The van der Waals surface area contributed by atoms with Gasteiger partial charge in [0.1, 0.15) is 0 Å². The summed E-state index contributed by atoms with van der Waals surface area (Å²) < 4.78 is 15.5. The number of hydrogen-bond donors (Lipinski definition) is 2. The molecule has 1 unspecified atom stereocenters. The van der Waals surface area contributed by atoms with Crippen molar-refractivity contribution in [2.24, 2.45) is 0 Å². The molecule has 1 atom stereocenters. The van der Waals surface area contributed by atoms with Gasteiger partial charge in [-0.05, 0) is 6.42 Å². The van der Waals surface area contributed by atoms with Crippen molar-refractivity contribution in [2.45, 2.75) is 96.8 Å². The number of unbranched alkanes of at least 4 members (excludes halogenated alkanes) is 13. The Bertz CT molecular complexity index is 333. The van der Waals surface area contributed by atoms with Crippen LogP contribution in [0.1, 0.15) is 96.8 Å². The minimum absolute atomic E-state index is 0.0398. The minimum Gasteiger partial charge on any atom is -0.472 e. The van der Waals surface area contributed by atoms with Crippen molar-refractivity contribution >= 4 is 13.3 Å². The maximum atomic E-state index is 11.0. The van der Waals surface area contributed by atoms with E-state index in [0.717, 1.165) is 12.8 Å². The number of carbonyl (C=O) groups is 1. The van der Waals surface area contributed by atoms with Crippen molar-refractivity contribution in [3.05, 3.63) is 0 Å². The summed E-state index contributed by atoms with van der Waals surface area (Å²) in [7, 11) is -4.43. The molecule has 0 aliphatic heterocycles. The van der Waals surface area contributed by atoms with Gasteiger partial charge in [-0.3, -0.25) is 0 Å². The predicted molar refractivity (Wildman–Crippen MR) is 94.1 cm³/mol. The van der Waals surface area contributed by atoms with Crippen LogP contribution in [-0.4, -0.2) is 22.3 Å². The molecule has 0 saturated heterocycles. The molecule has 2 N–H and O–H groups in total. The monoisotopic (exact) mass is 350 g/mol. The number of hydrogen-bond acceptors (Lipinski definition) is 3. The molecule has 0 amide bonds. The Balaban J connectivity index is 3.17. The first kappa shape index (κ1) is 22.6. The summed E-state index contributed by atoms with van der Waals surface area (Å²) in [6.45, 7) is 2.28. The lowest BCUT2D eigenvalue weighted by atomic mass is 10.0. The molecule has 0 aliphatic rings. The van der Waals surface area contributed by atoms with Gasteiger partial charge in [0, 0.05) is 0 Å². The lowest BCUT2D eigenvalue weighted by Gasteiger charge is -2.07. The first-order valence-corrected chi connectivity index (χ1v) is 10.8. The zero-order chi connectivity index (χ0) is 17.4. The summed E-state index contributed by atoms with van der Waals surface area (Å²) in [5.74, 6) is 0. The molecule has 0 rings (SSSR count). The molecule has 0 bridgehead atoms. The van der Waals surface area contributed by atoms with E-state index in [2.05, 4.69) is 11.4 Å². The van der Waals surface area contributed by atoms with Crippen molar-refractivity contribution in [1.82, 2.24) is 0 Å². The highest BCUT2D eigenvalue weighted by molar-refractivity contribution is 7.70. The highest BCUT2D eigenvalue weighted by atomic mass is 31.2. The molecule has 138 valence electrons. The molecule has 0 spiro atoms. The van der Waals surface area contributed by atoms with Gasteiger partial charge in [0.15, 0.2) is 0 Å². The molecule has 0 aromatic heterocycles. The van der Waals surface area contributed by atoms with Gasteiger partial charge in [-0.25, -0.2) is 9.36 Å². The highest BCUT2D eigenvalue weighted by Crippen LogP contribution is 2.42. The summed E-state index contributed by atoms with van der Waals surface area (Å²) >= 11 is 0. The SMILES string of the molecule is CCCCCCCCCCCCCCCCOP(=O)(O)C(=O)O. The van der Waals surface area contributed by atoms with E-state index in [1.165, 1.54) is 70.6 Å². The predicted octanol–water partition coefficient (Wildman–Crippen LogP) is 6.35. The van der Waals surface area contributed by atoms with E-state index in [0.29, 0.717) is 6.42 Å². The second-order valence-electron chi connectivity index (χ2n) is 6.23. The Kier molecular flexibility index (Phi) is 14.9. The van der Waals surface area contributed by atoms with E-state index >= 15 is 0 Å². The number of carboxylic acid groups (broad SMARTS) is 1. The molecular weight excluding hydrogens is 315 g/mol. The van der Waals surface area contributed by atoms with Gasteiger partial charge in [0.05, 0.1) is 6.61 Å². The fourth-order valence-corrected chi connectivity index (χ4v) is 3.03. The summed E-state index contributed by atoms with van der Waals surface area (Å²) in [5, 5.41) is 8.42. The van der Waals surface area contributed by atoms with E-state index < -0.39 is 13.3 Å². The molecule has 0 aromatic carbocycles. The van der Waals surface area contributed by atoms with Crippen molar-refractivity contribution in [3.63, 3.8) is 0 Å². The van der Waals surface area contributed by atoms with Crippen LogP contribution in [0.4, 0.5) is 4.79 Å². The van der Waals surface area contributed by atoms with E-state index in [1.807, 2.05) is 0 Å². The van der Waals surface area contributed by atoms with Crippen molar-refractivity contribution in [1.29, 1.82) is 0 Å². The zero-order valence-corrected chi connectivity index (χ0v) is 15.6. The quantitative estimate of drug-likeness (QED) is 0.236. The van der Waals surface area contributed by atoms with Gasteiger partial charge < -0.3 is 14.5 Å². The first-order chi connectivity index (χ1) is 11.0. The molecule has 23 heavy (non-hydrogen) atoms. The Labute approximate surface area is 141 Å². The van der Waals surface area contributed by atoms with Gasteiger partial charge in [-0.15, -0.1) is 0 Å².